The lowest BCUT2D eigenvalue weighted by Crippen LogP contribution is -2.49. The number of halogens is 3. The third-order valence-electron chi connectivity index (χ3n) is 3.33. The van der Waals surface area contributed by atoms with Gasteiger partial charge in [0.1, 0.15) is 0 Å². The smallest absolute Gasteiger partial charge is 0.326 e. The van der Waals surface area contributed by atoms with Gasteiger partial charge in [-0.25, -0.2) is 0 Å². The van der Waals surface area contributed by atoms with Crippen molar-refractivity contribution in [1.29, 1.82) is 0 Å². The Bertz CT molecular complexity index is 401. The van der Waals surface area contributed by atoms with Gasteiger partial charge in [0.2, 0.25) is 0 Å². The molecule has 2 atom stereocenters. The fourth-order valence-electron chi connectivity index (χ4n) is 2.21. The van der Waals surface area contributed by atoms with Crippen LogP contribution in [0.15, 0.2) is 18.3 Å². The molecule has 0 saturated heterocycles. The zero-order valence-corrected chi connectivity index (χ0v) is 9.17. The van der Waals surface area contributed by atoms with Crippen molar-refractivity contribution in [1.82, 2.24) is 4.98 Å². The van der Waals surface area contributed by atoms with Crippen molar-refractivity contribution in [2.45, 2.75) is 37.0 Å². The Labute approximate surface area is 97.0 Å². The SMILES string of the molecule is NC1CCCC1(N)c1ccc(C(F)(F)F)cn1. The standard InChI is InChI=1S/C11H14F3N3/c12-11(13,14)7-3-4-9(17-6-7)10(16)5-1-2-8(10)15/h3-4,6,8H,1-2,5,15-16H2. The second-order valence-electron chi connectivity index (χ2n) is 4.47. The minimum atomic E-state index is -4.37. The Morgan fingerprint density at radius 3 is 2.47 bits per heavy atom. The third kappa shape index (κ3) is 2.14. The highest BCUT2D eigenvalue weighted by molar-refractivity contribution is 5.25. The molecule has 1 aromatic rings. The molecule has 17 heavy (non-hydrogen) atoms. The molecule has 1 fully saturated rings. The van der Waals surface area contributed by atoms with Crippen LogP contribution < -0.4 is 11.5 Å². The molecule has 2 rings (SSSR count). The van der Waals surface area contributed by atoms with E-state index in [4.69, 9.17) is 11.5 Å². The third-order valence-corrected chi connectivity index (χ3v) is 3.33. The van der Waals surface area contributed by atoms with Crippen LogP contribution in [0.2, 0.25) is 0 Å². The van der Waals surface area contributed by atoms with E-state index in [0.29, 0.717) is 12.1 Å². The van der Waals surface area contributed by atoms with Gasteiger partial charge in [0, 0.05) is 12.2 Å². The minimum Gasteiger partial charge on any atom is -0.326 e. The quantitative estimate of drug-likeness (QED) is 0.792. The molecule has 2 unspecified atom stereocenters. The minimum absolute atomic E-state index is 0.244. The van der Waals surface area contributed by atoms with Crippen LogP contribution >= 0.6 is 0 Å². The first-order chi connectivity index (χ1) is 7.84. The summed E-state index contributed by atoms with van der Waals surface area (Å²) in [6, 6.07) is 2.09. The van der Waals surface area contributed by atoms with Crippen LogP contribution in [-0.4, -0.2) is 11.0 Å². The molecule has 1 aliphatic carbocycles. The van der Waals surface area contributed by atoms with E-state index >= 15 is 0 Å². The largest absolute Gasteiger partial charge is 0.417 e. The Hall–Kier alpha value is -1.14. The Balaban J connectivity index is 2.30. The predicted octanol–water partition coefficient (Wildman–Crippen LogP) is 1.77. The normalized spacial score (nSPS) is 29.6. The van der Waals surface area contributed by atoms with Crippen LogP contribution in [0.4, 0.5) is 13.2 Å². The van der Waals surface area contributed by atoms with Gasteiger partial charge in [-0.2, -0.15) is 13.2 Å². The molecule has 1 heterocycles. The Kier molecular flexibility index (Phi) is 2.87. The zero-order chi connectivity index (χ0) is 12.7. The maximum absolute atomic E-state index is 12.4. The Morgan fingerprint density at radius 1 is 1.35 bits per heavy atom. The van der Waals surface area contributed by atoms with Crippen LogP contribution in [-0.2, 0) is 11.7 Å². The molecule has 4 N–H and O–H groups in total. The summed E-state index contributed by atoms with van der Waals surface area (Å²) in [5, 5.41) is 0. The van der Waals surface area contributed by atoms with Gasteiger partial charge < -0.3 is 11.5 Å². The first-order valence-electron chi connectivity index (χ1n) is 5.42. The lowest BCUT2D eigenvalue weighted by molar-refractivity contribution is -0.137. The first kappa shape index (κ1) is 12.3. The van der Waals surface area contributed by atoms with E-state index in [1.54, 1.807) is 0 Å². The molecule has 1 aliphatic rings. The van der Waals surface area contributed by atoms with Crippen molar-refractivity contribution in [3.63, 3.8) is 0 Å². The molecule has 94 valence electrons. The van der Waals surface area contributed by atoms with Crippen LogP contribution in [0, 0.1) is 0 Å². The van der Waals surface area contributed by atoms with Gasteiger partial charge in [-0.3, -0.25) is 4.98 Å². The topological polar surface area (TPSA) is 64.9 Å². The van der Waals surface area contributed by atoms with Crippen molar-refractivity contribution in [3.8, 4) is 0 Å². The van der Waals surface area contributed by atoms with Gasteiger partial charge in [0.05, 0.1) is 16.8 Å². The summed E-state index contributed by atoms with van der Waals surface area (Å²) in [5.41, 5.74) is 10.9. The summed E-state index contributed by atoms with van der Waals surface area (Å²) >= 11 is 0. The van der Waals surface area contributed by atoms with Gasteiger partial charge in [-0.15, -0.1) is 0 Å². The number of rotatable bonds is 1. The summed E-state index contributed by atoms with van der Waals surface area (Å²) < 4.78 is 37.1. The molecule has 0 aromatic carbocycles. The van der Waals surface area contributed by atoms with Gasteiger partial charge in [0.25, 0.3) is 0 Å². The number of alkyl halides is 3. The molecular weight excluding hydrogens is 231 g/mol. The number of hydrogen-bond acceptors (Lipinski definition) is 3. The summed E-state index contributed by atoms with van der Waals surface area (Å²) in [6.07, 6.45) is -1.24. The number of nitrogens with two attached hydrogens (primary N) is 2. The van der Waals surface area contributed by atoms with Gasteiger partial charge in [-0.05, 0) is 31.4 Å². The molecule has 1 saturated carbocycles. The lowest BCUT2D eigenvalue weighted by atomic mass is 9.90. The summed E-state index contributed by atoms with van der Waals surface area (Å²) in [4.78, 5) is 3.82. The van der Waals surface area contributed by atoms with Crippen LogP contribution in [0.1, 0.15) is 30.5 Å². The molecule has 1 aromatic heterocycles. The number of aromatic nitrogens is 1. The molecule has 0 amide bonds. The Morgan fingerprint density at radius 2 is 2.06 bits per heavy atom. The predicted molar refractivity (Wildman–Crippen MR) is 56.9 cm³/mol. The van der Waals surface area contributed by atoms with E-state index < -0.39 is 17.3 Å². The van der Waals surface area contributed by atoms with Crippen LogP contribution in [0.25, 0.3) is 0 Å². The molecule has 0 radical (unpaired) electrons. The average Bonchev–Trinajstić information content (AvgIpc) is 2.60. The van der Waals surface area contributed by atoms with Crippen LogP contribution in [0.3, 0.4) is 0 Å². The zero-order valence-electron chi connectivity index (χ0n) is 9.17. The maximum Gasteiger partial charge on any atom is 0.417 e. The summed E-state index contributed by atoms with van der Waals surface area (Å²) in [7, 11) is 0. The van der Waals surface area contributed by atoms with E-state index in [1.807, 2.05) is 0 Å². The fraction of sp³-hybridized carbons (Fsp3) is 0.545. The molecule has 0 spiro atoms. The van der Waals surface area contributed by atoms with Gasteiger partial charge >= 0.3 is 6.18 Å². The van der Waals surface area contributed by atoms with Gasteiger partial charge in [-0.1, -0.05) is 0 Å². The molecule has 0 bridgehead atoms. The highest BCUT2D eigenvalue weighted by atomic mass is 19.4. The first-order valence-corrected chi connectivity index (χ1v) is 5.42. The summed E-state index contributed by atoms with van der Waals surface area (Å²) in [5.74, 6) is 0. The van der Waals surface area contributed by atoms with Crippen molar-refractivity contribution in [2.24, 2.45) is 11.5 Å². The average molecular weight is 245 g/mol. The van der Waals surface area contributed by atoms with Crippen molar-refractivity contribution in [2.75, 3.05) is 0 Å². The lowest BCUT2D eigenvalue weighted by Gasteiger charge is -2.28. The van der Waals surface area contributed by atoms with E-state index in [1.165, 1.54) is 6.07 Å². The molecular formula is C11H14F3N3. The van der Waals surface area contributed by atoms with Crippen molar-refractivity contribution < 1.29 is 13.2 Å². The van der Waals surface area contributed by atoms with E-state index in [0.717, 1.165) is 25.1 Å². The molecule has 0 aliphatic heterocycles. The van der Waals surface area contributed by atoms with E-state index in [-0.39, 0.29) is 6.04 Å². The highest BCUT2D eigenvalue weighted by Crippen LogP contribution is 2.35. The second kappa shape index (κ2) is 3.96. The van der Waals surface area contributed by atoms with E-state index in [9.17, 15) is 13.2 Å². The summed E-state index contributed by atoms with van der Waals surface area (Å²) in [6.45, 7) is 0. The second-order valence-corrected chi connectivity index (χ2v) is 4.47. The number of hydrogen-bond donors (Lipinski definition) is 2. The fourth-order valence-corrected chi connectivity index (χ4v) is 2.21. The van der Waals surface area contributed by atoms with Crippen molar-refractivity contribution in [3.05, 3.63) is 29.6 Å². The van der Waals surface area contributed by atoms with Crippen LogP contribution in [0.5, 0.6) is 0 Å². The molecule has 6 heteroatoms. The van der Waals surface area contributed by atoms with Crippen molar-refractivity contribution >= 4 is 0 Å². The van der Waals surface area contributed by atoms with E-state index in [2.05, 4.69) is 4.98 Å². The van der Waals surface area contributed by atoms with Gasteiger partial charge in [0.15, 0.2) is 0 Å². The maximum atomic E-state index is 12.4. The number of pyridine rings is 1. The highest BCUT2D eigenvalue weighted by Gasteiger charge is 2.40. The molecule has 3 nitrogen and oxygen atoms in total. The number of nitrogens with zero attached hydrogens (tertiary/aromatic N) is 1. The monoisotopic (exact) mass is 245 g/mol.